The number of fused-ring (bicyclic) bond motifs is 1. The molecule has 0 aromatic carbocycles. The summed E-state index contributed by atoms with van der Waals surface area (Å²) in [6.45, 7) is 15.4. The molecule has 7 heteroatoms. The van der Waals surface area contributed by atoms with Crippen LogP contribution in [-0.4, -0.2) is 44.5 Å². The van der Waals surface area contributed by atoms with E-state index in [0.29, 0.717) is 12.2 Å². The quantitative estimate of drug-likeness (QED) is 0.171. The van der Waals surface area contributed by atoms with E-state index >= 15 is 0 Å². The maximum atomic E-state index is 6.33. The molecule has 5 heterocycles. The minimum Gasteiger partial charge on any atom is -0.383 e. The Balaban J connectivity index is 0.00000181. The lowest BCUT2D eigenvalue weighted by Gasteiger charge is -2.16. The van der Waals surface area contributed by atoms with Gasteiger partial charge < -0.3 is 10.7 Å². The van der Waals surface area contributed by atoms with E-state index in [-0.39, 0.29) is 0 Å². The zero-order valence-electron chi connectivity index (χ0n) is 23.3. The number of imidazole rings is 1. The van der Waals surface area contributed by atoms with Crippen LogP contribution in [0.15, 0.2) is 73.6 Å². The highest BCUT2D eigenvalue weighted by Crippen LogP contribution is 2.34. The van der Waals surface area contributed by atoms with Crippen LogP contribution in [-0.2, 0) is 6.42 Å². The number of allylic oxidation sites excluding steroid dienone is 4. The summed E-state index contributed by atoms with van der Waals surface area (Å²) in [7, 11) is 0. The molecular formula is C33H36N6S. The molecule has 5 rings (SSSR count). The van der Waals surface area contributed by atoms with Gasteiger partial charge in [-0.1, -0.05) is 31.4 Å². The Morgan fingerprint density at radius 3 is 2.65 bits per heavy atom. The number of H-pyrrole nitrogens is 1. The number of anilines is 1. The lowest BCUT2D eigenvalue weighted by atomic mass is 10.0. The van der Waals surface area contributed by atoms with Gasteiger partial charge in [0.2, 0.25) is 0 Å². The van der Waals surface area contributed by atoms with Gasteiger partial charge >= 0.3 is 0 Å². The summed E-state index contributed by atoms with van der Waals surface area (Å²) in [5.41, 5.74) is 14.3. The number of terminal acetylenes is 1. The molecule has 0 amide bonds. The first-order chi connectivity index (χ1) is 19.4. The van der Waals surface area contributed by atoms with E-state index in [1.807, 2.05) is 31.5 Å². The predicted octanol–water partition coefficient (Wildman–Crippen LogP) is 7.15. The standard InChI is InChI=1S/C31H34N6S.C2H2/c1-5-21(19-37-13-7-8-14-37)15-22(6-2)24-16-23(31(32)34-18-24)17-28-35-25-11-12-33-30(29(25)36-28)27-10-9-26(38-27)20(3)4;1-2/h5-6,9-12,15-16,18H,1,3,7-8,13-14,17,19H2,2,4H3,(H2,32,34)(H,35,36);1-2H/b21-15+,22-6+;. The number of likely N-dealkylation sites (tertiary alicyclic amines) is 1. The molecule has 40 heavy (non-hydrogen) atoms. The van der Waals surface area contributed by atoms with Crippen molar-refractivity contribution < 1.29 is 0 Å². The van der Waals surface area contributed by atoms with Crippen molar-refractivity contribution in [2.45, 2.75) is 33.1 Å². The molecule has 204 valence electrons. The number of aromatic nitrogens is 4. The Morgan fingerprint density at radius 2 is 1.98 bits per heavy atom. The van der Waals surface area contributed by atoms with Crippen LogP contribution in [0.4, 0.5) is 5.82 Å². The van der Waals surface area contributed by atoms with E-state index < -0.39 is 0 Å². The lowest BCUT2D eigenvalue weighted by molar-refractivity contribution is 0.371. The number of nitrogen functional groups attached to an aromatic ring is 1. The van der Waals surface area contributed by atoms with Gasteiger partial charge in [0.15, 0.2) is 0 Å². The molecule has 0 aliphatic carbocycles. The number of hydrogen-bond acceptors (Lipinski definition) is 6. The second-order valence-corrected chi connectivity index (χ2v) is 10.9. The van der Waals surface area contributed by atoms with Crippen LogP contribution >= 0.6 is 11.3 Å². The SMILES string of the molecule is C#C.C=C/C(=C\C(=C/C)c1cnc(N)c(Cc2nc3c(-c4ccc(C(=C)C)s4)nccc3[nH]2)c1)CN1CCCC1. The fourth-order valence-electron chi connectivity index (χ4n) is 4.85. The molecule has 1 aliphatic rings. The summed E-state index contributed by atoms with van der Waals surface area (Å²) in [5, 5.41) is 0. The summed E-state index contributed by atoms with van der Waals surface area (Å²) in [6, 6.07) is 8.25. The summed E-state index contributed by atoms with van der Waals surface area (Å²) >= 11 is 1.68. The van der Waals surface area contributed by atoms with E-state index in [0.717, 1.165) is 74.2 Å². The molecule has 1 saturated heterocycles. The number of nitrogens with zero attached hydrogens (tertiary/aromatic N) is 4. The van der Waals surface area contributed by atoms with Crippen molar-refractivity contribution in [1.82, 2.24) is 24.8 Å². The first-order valence-corrected chi connectivity index (χ1v) is 14.2. The van der Waals surface area contributed by atoms with Crippen molar-refractivity contribution in [1.29, 1.82) is 0 Å². The number of aromatic amines is 1. The van der Waals surface area contributed by atoms with Crippen molar-refractivity contribution in [2.24, 2.45) is 0 Å². The molecule has 0 bridgehead atoms. The zero-order valence-corrected chi connectivity index (χ0v) is 24.1. The Bertz CT molecular complexity index is 1590. The first kappa shape index (κ1) is 28.8. The highest BCUT2D eigenvalue weighted by atomic mass is 32.1. The Hall–Kier alpha value is -4.25. The van der Waals surface area contributed by atoms with Crippen molar-refractivity contribution >= 4 is 39.3 Å². The number of rotatable bonds is 9. The van der Waals surface area contributed by atoms with Gasteiger partial charge in [0.25, 0.3) is 0 Å². The largest absolute Gasteiger partial charge is 0.383 e. The molecule has 0 radical (unpaired) electrons. The van der Waals surface area contributed by atoms with E-state index in [1.165, 1.54) is 18.4 Å². The number of pyridine rings is 2. The third-order valence-electron chi connectivity index (χ3n) is 6.92. The molecule has 0 spiro atoms. The molecule has 4 aromatic heterocycles. The normalized spacial score (nSPS) is 14.2. The Morgan fingerprint density at radius 1 is 1.20 bits per heavy atom. The smallest absolute Gasteiger partial charge is 0.127 e. The van der Waals surface area contributed by atoms with Crippen LogP contribution in [0.2, 0.25) is 0 Å². The predicted molar refractivity (Wildman–Crippen MR) is 171 cm³/mol. The van der Waals surface area contributed by atoms with Gasteiger partial charge in [0.1, 0.15) is 22.9 Å². The van der Waals surface area contributed by atoms with Gasteiger partial charge in [0, 0.05) is 41.4 Å². The summed E-state index contributed by atoms with van der Waals surface area (Å²) < 4.78 is 0. The first-order valence-electron chi connectivity index (χ1n) is 13.3. The molecule has 0 atom stereocenters. The van der Waals surface area contributed by atoms with Gasteiger partial charge in [-0.15, -0.1) is 24.2 Å². The van der Waals surface area contributed by atoms with Gasteiger partial charge in [0.05, 0.1) is 10.4 Å². The van der Waals surface area contributed by atoms with Gasteiger partial charge in [-0.3, -0.25) is 9.88 Å². The van der Waals surface area contributed by atoms with Crippen molar-refractivity contribution in [3.8, 4) is 23.4 Å². The summed E-state index contributed by atoms with van der Waals surface area (Å²) in [4.78, 5) is 22.3. The van der Waals surface area contributed by atoms with Gasteiger partial charge in [-0.25, -0.2) is 9.97 Å². The van der Waals surface area contributed by atoms with E-state index in [2.05, 4.69) is 83.1 Å². The van der Waals surface area contributed by atoms with Crippen molar-refractivity contribution in [3.63, 3.8) is 0 Å². The average Bonchev–Trinajstić information content (AvgIpc) is 3.74. The Kier molecular flexibility index (Phi) is 9.49. The Labute approximate surface area is 241 Å². The number of nitrogens with two attached hydrogens (primary N) is 1. The summed E-state index contributed by atoms with van der Waals surface area (Å²) in [6.07, 6.45) is 21.0. The van der Waals surface area contributed by atoms with Crippen LogP contribution in [0, 0.1) is 12.8 Å². The molecule has 6 nitrogen and oxygen atoms in total. The maximum absolute atomic E-state index is 6.33. The lowest BCUT2D eigenvalue weighted by Crippen LogP contribution is -2.21. The molecule has 4 aromatic rings. The third kappa shape index (κ3) is 6.48. The molecule has 0 unspecified atom stereocenters. The van der Waals surface area contributed by atoms with E-state index in [4.69, 9.17) is 10.7 Å². The monoisotopic (exact) mass is 548 g/mol. The molecule has 1 aliphatic heterocycles. The zero-order chi connectivity index (χ0) is 28.6. The van der Waals surface area contributed by atoms with Crippen LogP contribution in [0.5, 0.6) is 0 Å². The van der Waals surface area contributed by atoms with Crippen LogP contribution in [0.1, 0.15) is 48.5 Å². The average molecular weight is 549 g/mol. The fourth-order valence-corrected chi connectivity index (χ4v) is 5.78. The van der Waals surface area contributed by atoms with Crippen LogP contribution in [0.3, 0.4) is 0 Å². The minimum atomic E-state index is 0.511. The van der Waals surface area contributed by atoms with Gasteiger partial charge in [-0.05, 0) is 80.8 Å². The second kappa shape index (κ2) is 13.2. The van der Waals surface area contributed by atoms with E-state index in [9.17, 15) is 0 Å². The summed E-state index contributed by atoms with van der Waals surface area (Å²) in [5.74, 6) is 1.34. The highest BCUT2D eigenvalue weighted by molar-refractivity contribution is 7.16. The number of nitrogens with one attached hydrogen (secondary N) is 1. The highest BCUT2D eigenvalue weighted by Gasteiger charge is 2.16. The van der Waals surface area contributed by atoms with Crippen LogP contribution < -0.4 is 5.73 Å². The molecule has 0 saturated carbocycles. The van der Waals surface area contributed by atoms with Crippen LogP contribution in [0.25, 0.3) is 32.8 Å². The molecule has 3 N–H and O–H groups in total. The molecular weight excluding hydrogens is 512 g/mol. The second-order valence-electron chi connectivity index (χ2n) is 9.78. The van der Waals surface area contributed by atoms with E-state index in [1.54, 1.807) is 11.3 Å². The van der Waals surface area contributed by atoms with Gasteiger partial charge in [-0.2, -0.15) is 0 Å². The fraction of sp³-hybridized carbons (Fsp3) is 0.242. The minimum absolute atomic E-state index is 0.511. The topological polar surface area (TPSA) is 83.7 Å². The third-order valence-corrected chi connectivity index (χ3v) is 8.18. The van der Waals surface area contributed by atoms with Crippen molar-refractivity contribution in [3.05, 3.63) is 95.4 Å². The van der Waals surface area contributed by atoms with Crippen molar-refractivity contribution in [2.75, 3.05) is 25.4 Å². The number of hydrogen-bond donors (Lipinski definition) is 2. The molecule has 1 fully saturated rings. The maximum Gasteiger partial charge on any atom is 0.127 e. The number of thiophene rings is 1.